The summed E-state index contributed by atoms with van der Waals surface area (Å²) >= 11 is 0. The van der Waals surface area contributed by atoms with Gasteiger partial charge in [0, 0.05) is 25.5 Å². The summed E-state index contributed by atoms with van der Waals surface area (Å²) in [4.78, 5) is 4.70. The molecule has 34 heavy (non-hydrogen) atoms. The van der Waals surface area contributed by atoms with E-state index in [1.54, 1.807) is 0 Å². The average molecular weight is 450 g/mol. The number of furan rings is 1. The third kappa shape index (κ3) is 4.50. The minimum atomic E-state index is -1.47. The lowest BCUT2D eigenvalue weighted by molar-refractivity contribution is 0.411. The van der Waals surface area contributed by atoms with Crippen molar-refractivity contribution in [2.45, 2.75) is 53.3 Å². The van der Waals surface area contributed by atoms with Crippen molar-refractivity contribution < 1.29 is 7.16 Å². The largest absolute Gasteiger partial charge is 0.456 e. The van der Waals surface area contributed by atoms with E-state index in [2.05, 4.69) is 63.2 Å². The average Bonchev–Trinajstić information content (AvgIpc) is 3.26. The van der Waals surface area contributed by atoms with Gasteiger partial charge in [-0.2, -0.15) is 0 Å². The monoisotopic (exact) mass is 449 g/mol. The van der Waals surface area contributed by atoms with Gasteiger partial charge in [0.2, 0.25) is 0 Å². The van der Waals surface area contributed by atoms with Crippen molar-refractivity contribution in [3.8, 4) is 22.6 Å². The molecule has 0 aliphatic rings. The summed E-state index contributed by atoms with van der Waals surface area (Å²) in [5.74, 6) is 0.749. The van der Waals surface area contributed by atoms with Crippen LogP contribution in [0, 0.1) is 5.41 Å². The molecule has 2 heteroatoms. The van der Waals surface area contributed by atoms with Crippen LogP contribution in [-0.2, 0) is 11.8 Å². The van der Waals surface area contributed by atoms with Crippen molar-refractivity contribution in [1.82, 2.24) is 4.98 Å². The molecule has 5 rings (SSSR count). The molecule has 0 N–H and O–H groups in total. The van der Waals surface area contributed by atoms with Crippen molar-refractivity contribution in [2.24, 2.45) is 5.41 Å². The van der Waals surface area contributed by atoms with Crippen LogP contribution >= 0.6 is 0 Å². The summed E-state index contributed by atoms with van der Waals surface area (Å²) in [7, 11) is 0. The minimum absolute atomic E-state index is 0.00163. The summed E-state index contributed by atoms with van der Waals surface area (Å²) in [5, 5.41) is 3.43. The fourth-order valence-corrected chi connectivity index (χ4v) is 4.50. The molecule has 0 amide bonds. The summed E-state index contributed by atoms with van der Waals surface area (Å²) in [6.45, 7) is 12.5. The van der Waals surface area contributed by atoms with E-state index in [1.807, 2.05) is 57.3 Å². The molecule has 0 saturated heterocycles. The Morgan fingerprint density at radius 2 is 1.59 bits per heavy atom. The zero-order valence-corrected chi connectivity index (χ0v) is 20.9. The molecule has 2 nitrogen and oxygen atoms in total. The molecule has 0 saturated carbocycles. The van der Waals surface area contributed by atoms with Crippen LogP contribution < -0.4 is 0 Å². The van der Waals surface area contributed by atoms with Crippen molar-refractivity contribution >= 4 is 21.7 Å². The van der Waals surface area contributed by atoms with Gasteiger partial charge in [0.25, 0.3) is 0 Å². The van der Waals surface area contributed by atoms with Crippen molar-refractivity contribution in [1.29, 1.82) is 0 Å². The summed E-state index contributed by atoms with van der Waals surface area (Å²) in [6.07, 6.45) is 0.353. The number of hydrogen-bond acceptors (Lipinski definition) is 2. The Bertz CT molecular complexity index is 1580. The second-order valence-electron chi connectivity index (χ2n) is 11.2. The Balaban J connectivity index is 1.58. The molecule has 0 bridgehead atoms. The molecule has 0 fully saturated rings. The van der Waals surface area contributed by atoms with Gasteiger partial charge >= 0.3 is 0 Å². The molecule has 3 aromatic carbocycles. The van der Waals surface area contributed by atoms with Crippen molar-refractivity contribution in [3.63, 3.8) is 0 Å². The van der Waals surface area contributed by atoms with Crippen LogP contribution in [0.4, 0.5) is 0 Å². The molecule has 0 aliphatic heterocycles. The Kier molecular flexibility index (Phi) is 4.79. The van der Waals surface area contributed by atoms with Gasteiger partial charge < -0.3 is 4.42 Å². The third-order valence-electron chi connectivity index (χ3n) is 6.05. The highest BCUT2D eigenvalue weighted by Gasteiger charge is 2.19. The lowest BCUT2D eigenvalue weighted by Gasteiger charge is -2.22. The van der Waals surface area contributed by atoms with Gasteiger partial charge in [-0.3, -0.25) is 4.98 Å². The molecule has 0 spiro atoms. The number of nitrogens with zero attached hydrogens (tertiary/aromatic N) is 1. The van der Waals surface area contributed by atoms with Crippen LogP contribution in [0.5, 0.6) is 0 Å². The number of pyridine rings is 1. The van der Waals surface area contributed by atoms with E-state index in [4.69, 9.17) is 12.1 Å². The molecule has 172 valence electrons. The third-order valence-corrected chi connectivity index (χ3v) is 6.05. The fourth-order valence-electron chi connectivity index (χ4n) is 4.50. The smallest absolute Gasteiger partial charge is 0.135 e. The predicted octanol–water partition coefficient (Wildman–Crippen LogP) is 9.20. The summed E-state index contributed by atoms with van der Waals surface area (Å²) in [5.41, 5.74) is 5.02. The number of aromatic nitrogens is 1. The molecule has 0 unspecified atom stereocenters. The van der Waals surface area contributed by atoms with Crippen LogP contribution in [0.2, 0.25) is 0 Å². The van der Waals surface area contributed by atoms with Crippen LogP contribution in [0.3, 0.4) is 0 Å². The van der Waals surface area contributed by atoms with Gasteiger partial charge in [-0.25, -0.2) is 0 Å². The Labute approximate surface area is 205 Å². The second kappa shape index (κ2) is 8.13. The van der Waals surface area contributed by atoms with Gasteiger partial charge in [-0.15, -0.1) is 0 Å². The quantitative estimate of drug-likeness (QED) is 0.274. The number of fused-ring (bicyclic) bond motifs is 2. The second-order valence-corrected chi connectivity index (χ2v) is 11.2. The molecule has 0 radical (unpaired) electrons. The lowest BCUT2D eigenvalue weighted by atomic mass is 9.82. The van der Waals surface area contributed by atoms with E-state index in [0.717, 1.165) is 28.0 Å². The van der Waals surface area contributed by atoms with Crippen LogP contribution in [0.15, 0.2) is 83.4 Å². The van der Waals surface area contributed by atoms with Gasteiger partial charge in [-0.1, -0.05) is 77.9 Å². The molecule has 2 aromatic heterocycles. The van der Waals surface area contributed by atoms with E-state index >= 15 is 0 Å². The highest BCUT2D eigenvalue weighted by Crippen LogP contribution is 2.36. The fraction of sp³-hybridized carbons (Fsp3) is 0.281. The van der Waals surface area contributed by atoms with E-state index in [-0.39, 0.29) is 5.41 Å². The van der Waals surface area contributed by atoms with Crippen LogP contribution in [0.25, 0.3) is 44.3 Å². The Morgan fingerprint density at radius 1 is 0.794 bits per heavy atom. The minimum Gasteiger partial charge on any atom is -0.456 e. The maximum absolute atomic E-state index is 8.62. The first kappa shape index (κ1) is 20.0. The molecule has 0 aliphatic carbocycles. The highest BCUT2D eigenvalue weighted by atomic mass is 16.3. The van der Waals surface area contributed by atoms with E-state index in [0.29, 0.717) is 11.1 Å². The van der Waals surface area contributed by atoms with Gasteiger partial charge in [0.15, 0.2) is 0 Å². The predicted molar refractivity (Wildman–Crippen MR) is 144 cm³/mol. The summed E-state index contributed by atoms with van der Waals surface area (Å²) in [6, 6.07) is 24.7. The maximum atomic E-state index is 8.62. The van der Waals surface area contributed by atoms with Crippen molar-refractivity contribution in [3.05, 3.63) is 90.1 Å². The van der Waals surface area contributed by atoms with Gasteiger partial charge in [0.05, 0.1) is 5.69 Å². The van der Waals surface area contributed by atoms with E-state index < -0.39 is 11.8 Å². The van der Waals surface area contributed by atoms with Crippen LogP contribution in [-0.4, -0.2) is 4.98 Å². The first-order chi connectivity index (χ1) is 16.8. The van der Waals surface area contributed by atoms with Gasteiger partial charge in [-0.05, 0) is 75.5 Å². The maximum Gasteiger partial charge on any atom is 0.135 e. The molecular weight excluding hydrogens is 414 g/mol. The standard InChI is InChI=1S/C32H33NO/c1-31(2,3)20-21-11-12-23-19-30(34-29(23)15-21)24-13-14-33-28(18-24)25-16-22-9-7-8-10-26(22)27(17-25)32(4,5)6/h7-19H,20H2,1-6H3/i20D2. The first-order valence-electron chi connectivity index (χ1n) is 12.9. The highest BCUT2D eigenvalue weighted by molar-refractivity contribution is 5.91. The molecule has 0 atom stereocenters. The molecule has 5 aromatic rings. The Hall–Kier alpha value is -3.39. The van der Waals surface area contributed by atoms with E-state index in [1.165, 1.54) is 16.3 Å². The SMILES string of the molecule is [2H]C([2H])(c1ccc2cc(-c3ccnc(-c4cc(C(C)(C)C)c5ccccc5c4)c3)oc2c1)C(C)(C)C. The van der Waals surface area contributed by atoms with Gasteiger partial charge in [0.1, 0.15) is 11.3 Å². The van der Waals surface area contributed by atoms with Crippen molar-refractivity contribution in [2.75, 3.05) is 0 Å². The zero-order valence-electron chi connectivity index (χ0n) is 22.9. The molecular formula is C32H33NO. The Morgan fingerprint density at radius 3 is 2.35 bits per heavy atom. The topological polar surface area (TPSA) is 26.0 Å². The zero-order chi connectivity index (χ0) is 25.9. The van der Waals surface area contributed by atoms with Crippen LogP contribution in [0.1, 0.15) is 55.4 Å². The normalized spacial score (nSPS) is 13.8. The summed E-state index contributed by atoms with van der Waals surface area (Å²) < 4.78 is 23.5. The lowest BCUT2D eigenvalue weighted by Crippen LogP contribution is -2.12. The van der Waals surface area contributed by atoms with E-state index in [9.17, 15) is 0 Å². The number of hydrogen-bond donors (Lipinski definition) is 0. The first-order valence-corrected chi connectivity index (χ1v) is 11.9. The molecule has 2 heterocycles. The number of rotatable bonds is 3. The number of benzene rings is 3.